The van der Waals surface area contributed by atoms with Gasteiger partial charge in [0, 0.05) is 17.9 Å². The van der Waals surface area contributed by atoms with Crippen LogP contribution in [0.25, 0.3) is 0 Å². The summed E-state index contributed by atoms with van der Waals surface area (Å²) in [7, 11) is 0. The van der Waals surface area contributed by atoms with Gasteiger partial charge in [-0.1, -0.05) is 6.92 Å². The number of carbonyl (C=O) groups is 1. The van der Waals surface area contributed by atoms with Gasteiger partial charge in [0.05, 0.1) is 12.2 Å². The molecule has 0 aliphatic rings. The third kappa shape index (κ3) is 3.92. The molecule has 1 aromatic carbocycles. The van der Waals surface area contributed by atoms with Gasteiger partial charge in [-0.2, -0.15) is 5.26 Å². The summed E-state index contributed by atoms with van der Waals surface area (Å²) in [5.74, 6) is 0.504. The van der Waals surface area contributed by atoms with Crippen LogP contribution in [0.3, 0.4) is 0 Å². The Hall–Kier alpha value is -1.82. The number of Topliss-reactive ketones (excluding diaryl/α,β-unsaturated/α-hetero) is 1. The van der Waals surface area contributed by atoms with Gasteiger partial charge < -0.3 is 4.74 Å². The van der Waals surface area contributed by atoms with Crippen LogP contribution in [0.1, 0.15) is 37.6 Å². The highest BCUT2D eigenvalue weighted by molar-refractivity contribution is 5.97. The summed E-state index contributed by atoms with van der Waals surface area (Å²) in [4.78, 5) is 11.9. The lowest BCUT2D eigenvalue weighted by Crippen LogP contribution is -2.11. The Balaban J connectivity index is 2.74. The SMILES string of the molecule is CC(C)Oc1ccc(C(=O)C(C)CC#N)cc1. The molecule has 0 bridgehead atoms. The molecule has 0 heterocycles. The minimum atomic E-state index is -0.253. The molecular weight excluding hydrogens is 214 g/mol. The maximum absolute atomic E-state index is 11.9. The van der Waals surface area contributed by atoms with Gasteiger partial charge in [0.15, 0.2) is 5.78 Å². The quantitative estimate of drug-likeness (QED) is 0.731. The summed E-state index contributed by atoms with van der Waals surface area (Å²) < 4.78 is 5.49. The van der Waals surface area contributed by atoms with E-state index in [1.807, 2.05) is 19.9 Å². The molecule has 0 spiro atoms. The molecule has 1 atom stereocenters. The third-order valence-corrected chi connectivity index (χ3v) is 2.36. The second kappa shape index (κ2) is 6.05. The van der Waals surface area contributed by atoms with Crippen molar-refractivity contribution in [2.24, 2.45) is 5.92 Å². The van der Waals surface area contributed by atoms with Crippen molar-refractivity contribution in [2.45, 2.75) is 33.3 Å². The van der Waals surface area contributed by atoms with Crippen LogP contribution in [0.2, 0.25) is 0 Å². The highest BCUT2D eigenvalue weighted by Gasteiger charge is 2.14. The second-order valence-corrected chi connectivity index (χ2v) is 4.32. The molecule has 0 aromatic heterocycles. The van der Waals surface area contributed by atoms with E-state index < -0.39 is 0 Å². The average molecular weight is 231 g/mol. The van der Waals surface area contributed by atoms with Gasteiger partial charge in [-0.05, 0) is 38.1 Å². The first-order valence-electron chi connectivity index (χ1n) is 5.72. The highest BCUT2D eigenvalue weighted by atomic mass is 16.5. The van der Waals surface area contributed by atoms with Gasteiger partial charge in [-0.3, -0.25) is 4.79 Å². The maximum Gasteiger partial charge on any atom is 0.166 e. The van der Waals surface area contributed by atoms with Crippen LogP contribution in [-0.2, 0) is 0 Å². The number of benzene rings is 1. The number of hydrogen-bond donors (Lipinski definition) is 0. The van der Waals surface area contributed by atoms with Crippen LogP contribution in [0.15, 0.2) is 24.3 Å². The molecular formula is C14H17NO2. The van der Waals surface area contributed by atoms with E-state index in [0.29, 0.717) is 5.56 Å². The number of nitrogens with zero attached hydrogens (tertiary/aromatic N) is 1. The van der Waals surface area contributed by atoms with Crippen molar-refractivity contribution >= 4 is 5.78 Å². The van der Waals surface area contributed by atoms with E-state index in [-0.39, 0.29) is 24.2 Å². The van der Waals surface area contributed by atoms with E-state index in [4.69, 9.17) is 10.00 Å². The third-order valence-electron chi connectivity index (χ3n) is 2.36. The van der Waals surface area contributed by atoms with Gasteiger partial charge >= 0.3 is 0 Å². The van der Waals surface area contributed by atoms with Crippen molar-refractivity contribution < 1.29 is 9.53 Å². The first-order chi connectivity index (χ1) is 8.04. The molecule has 0 aliphatic carbocycles. The number of rotatable bonds is 5. The predicted molar refractivity (Wildman–Crippen MR) is 65.9 cm³/mol. The van der Waals surface area contributed by atoms with Crippen molar-refractivity contribution in [3.05, 3.63) is 29.8 Å². The molecule has 0 fully saturated rings. The van der Waals surface area contributed by atoms with Crippen molar-refractivity contribution in [1.29, 1.82) is 5.26 Å². The van der Waals surface area contributed by atoms with Gasteiger partial charge in [-0.15, -0.1) is 0 Å². The van der Waals surface area contributed by atoms with Crippen molar-refractivity contribution in [3.8, 4) is 11.8 Å². The molecule has 1 aromatic rings. The summed E-state index contributed by atoms with van der Waals surface area (Å²) >= 11 is 0. The molecule has 3 nitrogen and oxygen atoms in total. The smallest absolute Gasteiger partial charge is 0.166 e. The number of nitriles is 1. The van der Waals surface area contributed by atoms with E-state index >= 15 is 0 Å². The topological polar surface area (TPSA) is 50.1 Å². The van der Waals surface area contributed by atoms with E-state index in [1.165, 1.54) is 0 Å². The molecule has 90 valence electrons. The molecule has 3 heteroatoms. The zero-order valence-electron chi connectivity index (χ0n) is 10.4. The Morgan fingerprint density at radius 1 is 1.29 bits per heavy atom. The normalized spacial score (nSPS) is 11.9. The minimum Gasteiger partial charge on any atom is -0.491 e. The fourth-order valence-electron chi connectivity index (χ4n) is 1.48. The number of hydrogen-bond acceptors (Lipinski definition) is 3. The Labute approximate surface area is 102 Å². The summed E-state index contributed by atoms with van der Waals surface area (Å²) in [6.07, 6.45) is 0.373. The van der Waals surface area contributed by atoms with E-state index in [1.54, 1.807) is 31.2 Å². The molecule has 0 saturated carbocycles. The number of carbonyl (C=O) groups excluding carboxylic acids is 1. The molecule has 1 rings (SSSR count). The molecule has 0 saturated heterocycles. The van der Waals surface area contributed by atoms with Crippen LogP contribution >= 0.6 is 0 Å². The number of ether oxygens (including phenoxy) is 1. The Bertz CT molecular complexity index is 415. The van der Waals surface area contributed by atoms with Crippen molar-refractivity contribution in [3.63, 3.8) is 0 Å². The standard InChI is InChI=1S/C14H17NO2/c1-10(2)17-13-6-4-12(5-7-13)14(16)11(3)8-9-15/h4-7,10-11H,8H2,1-3H3. The van der Waals surface area contributed by atoms with E-state index in [2.05, 4.69) is 0 Å². The maximum atomic E-state index is 11.9. The largest absolute Gasteiger partial charge is 0.491 e. The molecule has 0 radical (unpaired) electrons. The lowest BCUT2D eigenvalue weighted by molar-refractivity contribution is 0.0932. The first kappa shape index (κ1) is 13.2. The van der Waals surface area contributed by atoms with E-state index in [0.717, 1.165) is 5.75 Å². The average Bonchev–Trinajstić information content (AvgIpc) is 2.28. The van der Waals surface area contributed by atoms with Crippen LogP contribution in [0, 0.1) is 17.2 Å². The molecule has 0 amide bonds. The molecule has 0 N–H and O–H groups in total. The Morgan fingerprint density at radius 3 is 2.35 bits per heavy atom. The minimum absolute atomic E-state index is 0.00245. The second-order valence-electron chi connectivity index (χ2n) is 4.32. The first-order valence-corrected chi connectivity index (χ1v) is 5.72. The van der Waals surface area contributed by atoms with Crippen LogP contribution < -0.4 is 4.74 Å². The van der Waals surface area contributed by atoms with Crippen LogP contribution in [0.5, 0.6) is 5.75 Å². The van der Waals surface area contributed by atoms with Crippen LogP contribution in [0.4, 0.5) is 0 Å². The molecule has 1 unspecified atom stereocenters. The molecule has 17 heavy (non-hydrogen) atoms. The van der Waals surface area contributed by atoms with Gasteiger partial charge in [0.2, 0.25) is 0 Å². The lowest BCUT2D eigenvalue weighted by Gasteiger charge is -2.10. The Morgan fingerprint density at radius 2 is 1.88 bits per heavy atom. The fourth-order valence-corrected chi connectivity index (χ4v) is 1.48. The zero-order chi connectivity index (χ0) is 12.8. The van der Waals surface area contributed by atoms with Crippen molar-refractivity contribution in [1.82, 2.24) is 0 Å². The highest BCUT2D eigenvalue weighted by Crippen LogP contribution is 2.17. The lowest BCUT2D eigenvalue weighted by atomic mass is 9.97. The van der Waals surface area contributed by atoms with Gasteiger partial charge in [0.25, 0.3) is 0 Å². The predicted octanol–water partition coefficient (Wildman–Crippen LogP) is 3.21. The van der Waals surface area contributed by atoms with E-state index in [9.17, 15) is 4.79 Å². The Kier molecular flexibility index (Phi) is 4.71. The zero-order valence-corrected chi connectivity index (χ0v) is 10.4. The summed E-state index contributed by atoms with van der Waals surface area (Å²) in [6, 6.07) is 9.07. The van der Waals surface area contributed by atoms with Gasteiger partial charge in [0.1, 0.15) is 5.75 Å². The van der Waals surface area contributed by atoms with Crippen LogP contribution in [-0.4, -0.2) is 11.9 Å². The molecule has 0 aliphatic heterocycles. The van der Waals surface area contributed by atoms with Gasteiger partial charge in [-0.25, -0.2) is 0 Å². The number of ketones is 1. The summed E-state index contributed by atoms with van der Waals surface area (Å²) in [5.41, 5.74) is 0.629. The van der Waals surface area contributed by atoms with Crippen molar-refractivity contribution in [2.75, 3.05) is 0 Å². The monoisotopic (exact) mass is 231 g/mol. The fraction of sp³-hybridized carbons (Fsp3) is 0.429. The summed E-state index contributed by atoms with van der Waals surface area (Å²) in [6.45, 7) is 5.67. The summed E-state index contributed by atoms with van der Waals surface area (Å²) in [5, 5.41) is 8.55.